The van der Waals surface area contributed by atoms with Crippen LogP contribution in [0.3, 0.4) is 0 Å². The second-order valence-electron chi connectivity index (χ2n) is 4.76. The third-order valence-electron chi connectivity index (χ3n) is 3.67. The van der Waals surface area contributed by atoms with Crippen LogP contribution >= 0.6 is 0 Å². The highest BCUT2D eigenvalue weighted by molar-refractivity contribution is 5.38. The molecule has 2 atom stereocenters. The van der Waals surface area contributed by atoms with Crippen LogP contribution in [0.15, 0.2) is 6.20 Å². The van der Waals surface area contributed by atoms with Gasteiger partial charge in [-0.25, -0.2) is 4.98 Å². The Morgan fingerprint density at radius 2 is 2.33 bits per heavy atom. The number of fused-ring (bicyclic) bond motifs is 1. The first kappa shape index (κ1) is 9.21. The number of nitrogens with zero attached hydrogens (tertiary/aromatic N) is 3. The molecule has 82 valence electrons. The highest BCUT2D eigenvalue weighted by Crippen LogP contribution is 2.30. The van der Waals surface area contributed by atoms with E-state index in [1.807, 2.05) is 0 Å². The predicted octanol–water partition coefficient (Wildman–Crippen LogP) is 0.527. The summed E-state index contributed by atoms with van der Waals surface area (Å²) >= 11 is 0. The highest BCUT2D eigenvalue weighted by Gasteiger charge is 2.38. The minimum atomic E-state index is 0.672. The van der Waals surface area contributed by atoms with Crippen LogP contribution in [-0.2, 0) is 7.05 Å². The molecule has 1 aromatic rings. The molecule has 0 bridgehead atoms. The number of hydrogen-bond acceptors (Lipinski definition) is 3. The van der Waals surface area contributed by atoms with E-state index >= 15 is 0 Å². The Labute approximate surface area is 90.3 Å². The average Bonchev–Trinajstić information content (AvgIpc) is 2.80. The Hall–Kier alpha value is -1.03. The maximum atomic E-state index is 4.61. The van der Waals surface area contributed by atoms with Crippen LogP contribution in [0.2, 0.25) is 0 Å². The summed E-state index contributed by atoms with van der Waals surface area (Å²) in [5.41, 5.74) is 1.11. The van der Waals surface area contributed by atoms with Gasteiger partial charge in [0.05, 0.1) is 5.69 Å². The number of aryl methyl sites for hydroxylation is 2. The molecule has 15 heavy (non-hydrogen) atoms. The number of hydrogen-bond donors (Lipinski definition) is 1. The summed E-state index contributed by atoms with van der Waals surface area (Å²) in [7, 11) is 2.09. The van der Waals surface area contributed by atoms with Crippen LogP contribution in [0.25, 0.3) is 0 Å². The zero-order valence-electron chi connectivity index (χ0n) is 9.40. The smallest absolute Gasteiger partial charge is 0.205 e. The molecule has 4 heteroatoms. The molecule has 0 unspecified atom stereocenters. The average molecular weight is 206 g/mol. The third-order valence-corrected chi connectivity index (χ3v) is 3.67. The summed E-state index contributed by atoms with van der Waals surface area (Å²) in [5, 5.41) is 3.47. The van der Waals surface area contributed by atoms with Crippen LogP contribution in [0.1, 0.15) is 12.1 Å². The van der Waals surface area contributed by atoms with Gasteiger partial charge in [0, 0.05) is 38.9 Å². The largest absolute Gasteiger partial charge is 0.338 e. The fourth-order valence-electron chi connectivity index (χ4n) is 2.97. The van der Waals surface area contributed by atoms with Gasteiger partial charge in [0.2, 0.25) is 5.95 Å². The SMILES string of the molecule is Cc1cn(C)c(N2CC[C@H]3CNC[C@H]32)n1. The van der Waals surface area contributed by atoms with E-state index in [-0.39, 0.29) is 0 Å². The van der Waals surface area contributed by atoms with Gasteiger partial charge in [-0.2, -0.15) is 0 Å². The quantitative estimate of drug-likeness (QED) is 0.727. The van der Waals surface area contributed by atoms with Gasteiger partial charge in [-0.3, -0.25) is 0 Å². The lowest BCUT2D eigenvalue weighted by molar-refractivity contribution is 0.573. The van der Waals surface area contributed by atoms with Crippen LogP contribution in [0, 0.1) is 12.8 Å². The van der Waals surface area contributed by atoms with Crippen molar-refractivity contribution in [1.82, 2.24) is 14.9 Å². The molecule has 2 fully saturated rings. The van der Waals surface area contributed by atoms with Crippen LogP contribution in [0.4, 0.5) is 5.95 Å². The first-order chi connectivity index (χ1) is 7.25. The van der Waals surface area contributed by atoms with Gasteiger partial charge in [0.15, 0.2) is 0 Å². The molecule has 4 nitrogen and oxygen atoms in total. The zero-order valence-corrected chi connectivity index (χ0v) is 9.40. The number of imidazole rings is 1. The lowest BCUT2D eigenvalue weighted by atomic mass is 10.1. The fraction of sp³-hybridized carbons (Fsp3) is 0.727. The molecule has 0 aromatic carbocycles. The maximum absolute atomic E-state index is 4.61. The monoisotopic (exact) mass is 206 g/mol. The second kappa shape index (κ2) is 3.23. The maximum Gasteiger partial charge on any atom is 0.205 e. The third kappa shape index (κ3) is 1.35. The number of rotatable bonds is 1. The van der Waals surface area contributed by atoms with E-state index in [4.69, 9.17) is 0 Å². The molecule has 0 spiro atoms. The molecule has 2 aliphatic rings. The predicted molar refractivity (Wildman–Crippen MR) is 60.1 cm³/mol. The van der Waals surface area contributed by atoms with Crippen molar-refractivity contribution in [3.8, 4) is 0 Å². The van der Waals surface area contributed by atoms with Crippen molar-refractivity contribution in [3.63, 3.8) is 0 Å². The van der Waals surface area contributed by atoms with Gasteiger partial charge in [-0.1, -0.05) is 0 Å². The van der Waals surface area contributed by atoms with E-state index in [1.54, 1.807) is 0 Å². The summed E-state index contributed by atoms with van der Waals surface area (Å²) in [4.78, 5) is 7.08. The normalized spacial score (nSPS) is 29.9. The van der Waals surface area contributed by atoms with Gasteiger partial charge >= 0.3 is 0 Å². The Bertz CT molecular complexity index is 371. The number of nitrogens with one attached hydrogen (secondary N) is 1. The molecule has 0 radical (unpaired) electrons. The number of anilines is 1. The highest BCUT2D eigenvalue weighted by atomic mass is 15.3. The Balaban J connectivity index is 1.91. The number of aromatic nitrogens is 2. The van der Waals surface area contributed by atoms with Gasteiger partial charge < -0.3 is 14.8 Å². The summed E-state index contributed by atoms with van der Waals surface area (Å²) in [6, 6.07) is 0.672. The zero-order chi connectivity index (χ0) is 10.4. The molecule has 0 amide bonds. The molecule has 3 heterocycles. The second-order valence-corrected chi connectivity index (χ2v) is 4.76. The molecule has 2 saturated heterocycles. The molecule has 3 rings (SSSR count). The van der Waals surface area contributed by atoms with Crippen molar-refractivity contribution >= 4 is 5.95 Å². The topological polar surface area (TPSA) is 33.1 Å². The minimum Gasteiger partial charge on any atom is -0.338 e. The summed E-state index contributed by atoms with van der Waals surface area (Å²) < 4.78 is 2.15. The van der Waals surface area contributed by atoms with Crippen LogP contribution < -0.4 is 10.2 Å². The fourth-order valence-corrected chi connectivity index (χ4v) is 2.97. The Morgan fingerprint density at radius 1 is 1.47 bits per heavy atom. The van der Waals surface area contributed by atoms with Crippen molar-refractivity contribution in [2.75, 3.05) is 24.5 Å². The van der Waals surface area contributed by atoms with E-state index in [9.17, 15) is 0 Å². The lowest BCUT2D eigenvalue weighted by Gasteiger charge is -2.24. The summed E-state index contributed by atoms with van der Waals surface area (Å²) in [6.07, 6.45) is 3.41. The van der Waals surface area contributed by atoms with E-state index in [0.29, 0.717) is 6.04 Å². The molecule has 2 aliphatic heterocycles. The van der Waals surface area contributed by atoms with E-state index in [1.165, 1.54) is 19.5 Å². The van der Waals surface area contributed by atoms with E-state index in [0.717, 1.165) is 24.1 Å². The molecular weight excluding hydrogens is 188 g/mol. The van der Waals surface area contributed by atoms with Crippen molar-refractivity contribution in [2.45, 2.75) is 19.4 Å². The molecule has 0 aliphatic carbocycles. The molecule has 1 N–H and O–H groups in total. The van der Waals surface area contributed by atoms with E-state index in [2.05, 4.69) is 39.9 Å². The summed E-state index contributed by atoms with van der Waals surface area (Å²) in [6.45, 7) is 5.53. The van der Waals surface area contributed by atoms with Gasteiger partial charge in [0.25, 0.3) is 0 Å². The van der Waals surface area contributed by atoms with Crippen molar-refractivity contribution in [3.05, 3.63) is 11.9 Å². The molecular formula is C11H18N4. The standard InChI is InChI=1S/C11H18N4/c1-8-7-14(2)11(13-8)15-4-3-9-5-12-6-10(9)15/h7,9-10,12H,3-6H2,1-2H3/t9-,10+/m0/s1. The Kier molecular flexibility index (Phi) is 1.99. The summed E-state index contributed by atoms with van der Waals surface area (Å²) in [5.74, 6) is 1.98. The van der Waals surface area contributed by atoms with E-state index < -0.39 is 0 Å². The van der Waals surface area contributed by atoms with Gasteiger partial charge in [-0.05, 0) is 19.3 Å². The lowest BCUT2D eigenvalue weighted by Crippen LogP contribution is -2.35. The molecule has 1 aromatic heterocycles. The van der Waals surface area contributed by atoms with Crippen LogP contribution in [-0.4, -0.2) is 35.2 Å². The van der Waals surface area contributed by atoms with Gasteiger partial charge in [0.1, 0.15) is 0 Å². The molecule has 0 saturated carbocycles. The van der Waals surface area contributed by atoms with Crippen molar-refractivity contribution in [2.24, 2.45) is 13.0 Å². The first-order valence-electron chi connectivity index (χ1n) is 5.73. The van der Waals surface area contributed by atoms with Crippen LogP contribution in [0.5, 0.6) is 0 Å². The van der Waals surface area contributed by atoms with Crippen molar-refractivity contribution in [1.29, 1.82) is 0 Å². The first-order valence-corrected chi connectivity index (χ1v) is 5.73. The Morgan fingerprint density at radius 3 is 3.07 bits per heavy atom. The van der Waals surface area contributed by atoms with Gasteiger partial charge in [-0.15, -0.1) is 0 Å². The van der Waals surface area contributed by atoms with Crippen molar-refractivity contribution < 1.29 is 0 Å². The minimum absolute atomic E-state index is 0.672.